The number of primary amides is 1. The Bertz CT molecular complexity index is 618. The predicted octanol–water partition coefficient (Wildman–Crippen LogP) is 1.17. The number of fused-ring (bicyclic) bond motifs is 1. The zero-order chi connectivity index (χ0) is 13.3. The fourth-order valence-corrected chi connectivity index (χ4v) is 1.97. The van der Waals surface area contributed by atoms with E-state index >= 15 is 0 Å². The van der Waals surface area contributed by atoms with Gasteiger partial charge in [0.1, 0.15) is 5.52 Å². The third-order valence-corrected chi connectivity index (χ3v) is 2.81. The fourth-order valence-electron chi connectivity index (χ4n) is 1.97. The molecule has 0 spiro atoms. The van der Waals surface area contributed by atoms with Gasteiger partial charge in [-0.1, -0.05) is 6.07 Å². The van der Waals surface area contributed by atoms with Crippen LogP contribution in [0.4, 0.5) is 0 Å². The maximum absolute atomic E-state index is 11.0. The fraction of sp³-hybridized carbons (Fsp3) is 0.250. The van der Waals surface area contributed by atoms with Gasteiger partial charge in [-0.15, -0.1) is 0 Å². The number of carboxylic acids is 1. The van der Waals surface area contributed by atoms with Crippen LogP contribution in [-0.2, 0) is 4.79 Å². The highest BCUT2D eigenvalue weighted by Crippen LogP contribution is 2.22. The van der Waals surface area contributed by atoms with E-state index in [1.165, 1.54) is 12.4 Å². The van der Waals surface area contributed by atoms with Gasteiger partial charge in [0.2, 0.25) is 5.91 Å². The summed E-state index contributed by atoms with van der Waals surface area (Å²) in [5.41, 5.74) is 6.41. The SMILES string of the molecule is CC(CC(N)=O)n1cnc2c(C(=O)O)cccc21. The summed E-state index contributed by atoms with van der Waals surface area (Å²) < 4.78 is 1.76. The Kier molecular flexibility index (Phi) is 3.01. The van der Waals surface area contributed by atoms with E-state index in [1.807, 2.05) is 6.92 Å². The molecule has 0 saturated heterocycles. The average Bonchev–Trinajstić information content (AvgIpc) is 2.70. The maximum Gasteiger partial charge on any atom is 0.337 e. The van der Waals surface area contributed by atoms with E-state index < -0.39 is 11.9 Å². The van der Waals surface area contributed by atoms with Crippen LogP contribution in [0.2, 0.25) is 0 Å². The summed E-state index contributed by atoms with van der Waals surface area (Å²) in [4.78, 5) is 26.1. The third-order valence-electron chi connectivity index (χ3n) is 2.81. The second-order valence-corrected chi connectivity index (χ2v) is 4.15. The number of hydrogen-bond donors (Lipinski definition) is 2. The lowest BCUT2D eigenvalue weighted by molar-refractivity contribution is -0.118. The van der Waals surface area contributed by atoms with Gasteiger partial charge in [0.15, 0.2) is 0 Å². The Morgan fingerprint density at radius 2 is 2.22 bits per heavy atom. The van der Waals surface area contributed by atoms with E-state index in [9.17, 15) is 9.59 Å². The monoisotopic (exact) mass is 247 g/mol. The topological polar surface area (TPSA) is 98.2 Å². The molecular weight excluding hydrogens is 234 g/mol. The molecule has 1 amide bonds. The zero-order valence-corrected chi connectivity index (χ0v) is 9.83. The van der Waals surface area contributed by atoms with Crippen LogP contribution in [0.1, 0.15) is 29.7 Å². The van der Waals surface area contributed by atoms with Gasteiger partial charge >= 0.3 is 5.97 Å². The largest absolute Gasteiger partial charge is 0.478 e. The predicted molar refractivity (Wildman–Crippen MR) is 65.2 cm³/mol. The number of aromatic nitrogens is 2. The number of carboxylic acid groups (broad SMARTS) is 1. The van der Waals surface area contributed by atoms with Crippen molar-refractivity contribution < 1.29 is 14.7 Å². The lowest BCUT2D eigenvalue weighted by Gasteiger charge is -2.12. The highest BCUT2D eigenvalue weighted by atomic mass is 16.4. The normalized spacial score (nSPS) is 12.5. The first-order valence-corrected chi connectivity index (χ1v) is 5.48. The molecule has 3 N–H and O–H groups in total. The first kappa shape index (κ1) is 12.1. The molecule has 1 aromatic heterocycles. The molecular formula is C12H13N3O3. The average molecular weight is 247 g/mol. The van der Waals surface area contributed by atoms with Crippen molar-refractivity contribution in [2.45, 2.75) is 19.4 Å². The maximum atomic E-state index is 11.0. The Balaban J connectivity index is 2.52. The number of amides is 1. The molecule has 1 heterocycles. The van der Waals surface area contributed by atoms with Gasteiger partial charge in [0.05, 0.1) is 17.4 Å². The van der Waals surface area contributed by atoms with Crippen LogP contribution >= 0.6 is 0 Å². The molecule has 6 heteroatoms. The molecule has 1 aromatic carbocycles. The molecule has 0 aliphatic rings. The van der Waals surface area contributed by atoms with E-state index in [0.717, 1.165) is 0 Å². The van der Waals surface area contributed by atoms with Gasteiger partial charge in [-0.05, 0) is 19.1 Å². The van der Waals surface area contributed by atoms with Crippen LogP contribution in [0.3, 0.4) is 0 Å². The second-order valence-electron chi connectivity index (χ2n) is 4.15. The van der Waals surface area contributed by atoms with E-state index in [4.69, 9.17) is 10.8 Å². The smallest absolute Gasteiger partial charge is 0.337 e. The molecule has 0 aliphatic carbocycles. The standard InChI is InChI=1S/C12H13N3O3/c1-7(5-10(13)16)15-6-14-11-8(12(17)18)3-2-4-9(11)15/h2-4,6-7H,5H2,1H3,(H2,13,16)(H,17,18). The minimum absolute atomic E-state index is 0.150. The first-order chi connectivity index (χ1) is 8.50. The number of carbonyl (C=O) groups is 2. The highest BCUT2D eigenvalue weighted by molar-refractivity contribution is 6.00. The Morgan fingerprint density at radius 1 is 1.50 bits per heavy atom. The third kappa shape index (κ3) is 2.04. The van der Waals surface area contributed by atoms with Gasteiger partial charge in [0.25, 0.3) is 0 Å². The molecule has 2 aromatic rings. The first-order valence-electron chi connectivity index (χ1n) is 5.48. The molecule has 0 fully saturated rings. The number of nitrogens with two attached hydrogens (primary N) is 1. The summed E-state index contributed by atoms with van der Waals surface area (Å²) in [6.45, 7) is 1.83. The van der Waals surface area contributed by atoms with Crippen molar-refractivity contribution in [1.29, 1.82) is 0 Å². The van der Waals surface area contributed by atoms with Crippen molar-refractivity contribution in [2.75, 3.05) is 0 Å². The van der Waals surface area contributed by atoms with E-state index in [2.05, 4.69) is 4.98 Å². The molecule has 94 valence electrons. The van der Waals surface area contributed by atoms with Gasteiger partial charge < -0.3 is 15.4 Å². The molecule has 0 aliphatic heterocycles. The van der Waals surface area contributed by atoms with Crippen molar-refractivity contribution >= 4 is 22.9 Å². The number of hydrogen-bond acceptors (Lipinski definition) is 3. The summed E-state index contributed by atoms with van der Waals surface area (Å²) in [5, 5.41) is 9.05. The number of rotatable bonds is 4. The quantitative estimate of drug-likeness (QED) is 0.847. The van der Waals surface area contributed by atoms with Crippen molar-refractivity contribution in [3.63, 3.8) is 0 Å². The second kappa shape index (κ2) is 4.48. The summed E-state index contributed by atoms with van der Waals surface area (Å²) in [7, 11) is 0. The van der Waals surface area contributed by atoms with Crippen molar-refractivity contribution in [3.05, 3.63) is 30.1 Å². The number of imidazole rings is 1. The molecule has 1 atom stereocenters. The minimum atomic E-state index is -1.02. The van der Waals surface area contributed by atoms with Crippen molar-refractivity contribution in [3.8, 4) is 0 Å². The Labute approximate surface area is 103 Å². The van der Waals surface area contributed by atoms with E-state index in [0.29, 0.717) is 11.0 Å². The molecule has 0 saturated carbocycles. The zero-order valence-electron chi connectivity index (χ0n) is 9.83. The molecule has 18 heavy (non-hydrogen) atoms. The molecule has 2 rings (SSSR count). The molecule has 0 bridgehead atoms. The molecule has 1 unspecified atom stereocenters. The summed E-state index contributed by atoms with van der Waals surface area (Å²) in [6, 6.07) is 4.77. The van der Waals surface area contributed by atoms with Crippen LogP contribution < -0.4 is 5.73 Å². The highest BCUT2D eigenvalue weighted by Gasteiger charge is 2.16. The van der Waals surface area contributed by atoms with Crippen LogP contribution in [0.25, 0.3) is 11.0 Å². The number of aromatic carboxylic acids is 1. The summed E-state index contributed by atoms with van der Waals surface area (Å²) in [5.74, 6) is -1.42. The van der Waals surface area contributed by atoms with Gasteiger partial charge in [-0.2, -0.15) is 0 Å². The van der Waals surface area contributed by atoms with Gasteiger partial charge in [-0.25, -0.2) is 9.78 Å². The number of carbonyl (C=O) groups excluding carboxylic acids is 1. The van der Waals surface area contributed by atoms with E-state index in [-0.39, 0.29) is 18.0 Å². The lowest BCUT2D eigenvalue weighted by atomic mass is 10.1. The van der Waals surface area contributed by atoms with Gasteiger partial charge in [-0.3, -0.25) is 4.79 Å². The number of para-hydroxylation sites is 1. The van der Waals surface area contributed by atoms with Crippen LogP contribution in [-0.4, -0.2) is 26.5 Å². The van der Waals surface area contributed by atoms with Crippen molar-refractivity contribution in [2.24, 2.45) is 5.73 Å². The number of benzene rings is 1. The molecule has 0 radical (unpaired) electrons. The Hall–Kier alpha value is -2.37. The Morgan fingerprint density at radius 3 is 2.83 bits per heavy atom. The van der Waals surface area contributed by atoms with E-state index in [1.54, 1.807) is 16.7 Å². The lowest BCUT2D eigenvalue weighted by Crippen LogP contribution is -2.17. The van der Waals surface area contributed by atoms with Crippen LogP contribution in [0.15, 0.2) is 24.5 Å². The summed E-state index contributed by atoms with van der Waals surface area (Å²) in [6.07, 6.45) is 1.72. The van der Waals surface area contributed by atoms with Crippen LogP contribution in [0.5, 0.6) is 0 Å². The molecule has 6 nitrogen and oxygen atoms in total. The van der Waals surface area contributed by atoms with Crippen molar-refractivity contribution in [1.82, 2.24) is 9.55 Å². The van der Waals surface area contributed by atoms with Gasteiger partial charge in [0, 0.05) is 12.5 Å². The number of nitrogens with zero attached hydrogens (tertiary/aromatic N) is 2. The van der Waals surface area contributed by atoms with Crippen LogP contribution in [0, 0.1) is 0 Å². The minimum Gasteiger partial charge on any atom is -0.478 e. The summed E-state index contributed by atoms with van der Waals surface area (Å²) >= 11 is 0.